The maximum atomic E-state index is 10.6. The number of hydrogen-bond acceptors (Lipinski definition) is 4. The minimum absolute atomic E-state index is 0.153. The molecule has 2 N–H and O–H groups in total. The predicted octanol–water partition coefficient (Wildman–Crippen LogP) is 0.397. The van der Waals surface area contributed by atoms with Crippen LogP contribution in [-0.2, 0) is 14.3 Å². The predicted molar refractivity (Wildman–Crippen MR) is 50.7 cm³/mol. The highest BCUT2D eigenvalue weighted by atomic mass is 19.4. The lowest BCUT2D eigenvalue weighted by molar-refractivity contribution is -0.192. The van der Waals surface area contributed by atoms with Crippen molar-refractivity contribution < 1.29 is 32.5 Å². The van der Waals surface area contributed by atoms with Crippen LogP contribution < -0.4 is 5.32 Å². The number of nitrogens with one attached hydrogen (secondary N) is 1. The van der Waals surface area contributed by atoms with Crippen LogP contribution in [0.1, 0.15) is 6.42 Å². The molecule has 8 heteroatoms. The Morgan fingerprint density at radius 2 is 2.06 bits per heavy atom. The fourth-order valence-electron chi connectivity index (χ4n) is 1.60. The average Bonchev–Trinajstić information content (AvgIpc) is 2.60. The van der Waals surface area contributed by atoms with Crippen LogP contribution in [0.4, 0.5) is 13.2 Å². The van der Waals surface area contributed by atoms with Crippen LogP contribution >= 0.6 is 0 Å². The van der Waals surface area contributed by atoms with Gasteiger partial charge in [-0.15, -0.1) is 0 Å². The number of halogens is 3. The van der Waals surface area contributed by atoms with E-state index in [0.717, 1.165) is 26.1 Å². The van der Waals surface area contributed by atoms with Gasteiger partial charge in [0.25, 0.3) is 0 Å². The van der Waals surface area contributed by atoms with Crippen molar-refractivity contribution in [2.75, 3.05) is 26.8 Å². The Morgan fingerprint density at radius 3 is 2.24 bits per heavy atom. The molecule has 0 unspecified atom stereocenters. The zero-order chi connectivity index (χ0) is 13.1. The van der Waals surface area contributed by atoms with Crippen LogP contribution in [0.3, 0.4) is 0 Å². The monoisotopic (exact) mass is 257 g/mol. The number of ether oxygens (including phenoxy) is 2. The van der Waals surface area contributed by atoms with E-state index in [4.69, 9.17) is 19.4 Å². The first-order valence-electron chi connectivity index (χ1n) is 4.97. The van der Waals surface area contributed by atoms with E-state index < -0.39 is 12.1 Å². The molecule has 0 aliphatic carbocycles. The summed E-state index contributed by atoms with van der Waals surface area (Å²) in [7, 11) is 1.75. The topological polar surface area (TPSA) is 67.8 Å². The smallest absolute Gasteiger partial charge is 0.475 e. The molecular weight excluding hydrogens is 243 g/mol. The number of rotatable bonds is 1. The molecule has 2 aliphatic rings. The third-order valence-corrected chi connectivity index (χ3v) is 2.65. The summed E-state index contributed by atoms with van der Waals surface area (Å²) < 4.78 is 42.5. The molecule has 0 aromatic carbocycles. The van der Waals surface area contributed by atoms with Crippen LogP contribution in [0.15, 0.2) is 0 Å². The summed E-state index contributed by atoms with van der Waals surface area (Å²) in [6.45, 7) is 2.79. The molecule has 0 amide bonds. The molecule has 0 aromatic rings. The normalized spacial score (nSPS) is 26.0. The van der Waals surface area contributed by atoms with Crippen molar-refractivity contribution in [1.29, 1.82) is 0 Å². The van der Waals surface area contributed by atoms with Gasteiger partial charge in [0.05, 0.1) is 18.3 Å². The molecule has 2 heterocycles. The van der Waals surface area contributed by atoms with Crippen molar-refractivity contribution in [3.63, 3.8) is 0 Å². The number of alkyl halides is 3. The summed E-state index contributed by atoms with van der Waals surface area (Å²) in [5.74, 6) is -2.76. The number of carboxylic acids is 1. The van der Waals surface area contributed by atoms with Gasteiger partial charge >= 0.3 is 12.1 Å². The highest BCUT2D eigenvalue weighted by Crippen LogP contribution is 2.30. The maximum Gasteiger partial charge on any atom is 0.490 e. The third-order valence-electron chi connectivity index (χ3n) is 2.65. The third kappa shape index (κ3) is 3.83. The van der Waals surface area contributed by atoms with Crippen LogP contribution in [0, 0.1) is 0 Å². The Morgan fingerprint density at radius 1 is 1.53 bits per heavy atom. The lowest BCUT2D eigenvalue weighted by atomic mass is 9.93. The molecule has 0 bridgehead atoms. The van der Waals surface area contributed by atoms with Crippen molar-refractivity contribution in [1.82, 2.24) is 5.32 Å². The van der Waals surface area contributed by atoms with Crippen molar-refractivity contribution in [2.24, 2.45) is 0 Å². The van der Waals surface area contributed by atoms with Gasteiger partial charge in [-0.2, -0.15) is 13.2 Å². The molecule has 1 spiro atoms. The Balaban J connectivity index is 0.000000185. The number of methoxy groups -OCH3 is 1. The van der Waals surface area contributed by atoms with Gasteiger partial charge in [-0.05, 0) is 0 Å². The van der Waals surface area contributed by atoms with Crippen molar-refractivity contribution >= 4 is 5.97 Å². The van der Waals surface area contributed by atoms with Crippen molar-refractivity contribution in [3.8, 4) is 0 Å². The van der Waals surface area contributed by atoms with Crippen LogP contribution in [0.5, 0.6) is 0 Å². The fourth-order valence-corrected chi connectivity index (χ4v) is 1.60. The van der Waals surface area contributed by atoms with E-state index in [0.29, 0.717) is 6.10 Å². The lowest BCUT2D eigenvalue weighted by Gasteiger charge is -2.37. The van der Waals surface area contributed by atoms with Crippen molar-refractivity contribution in [2.45, 2.75) is 24.3 Å². The molecule has 2 aliphatic heterocycles. The summed E-state index contributed by atoms with van der Waals surface area (Å²) >= 11 is 0. The van der Waals surface area contributed by atoms with Crippen LogP contribution in [0.25, 0.3) is 0 Å². The molecule has 2 rings (SSSR count). The summed E-state index contributed by atoms with van der Waals surface area (Å²) in [5.41, 5.74) is 0.153. The van der Waals surface area contributed by atoms with Gasteiger partial charge in [-0.25, -0.2) is 4.79 Å². The minimum atomic E-state index is -5.08. The van der Waals surface area contributed by atoms with Gasteiger partial charge in [0, 0.05) is 26.6 Å². The van der Waals surface area contributed by atoms with Gasteiger partial charge in [0.15, 0.2) is 0 Å². The van der Waals surface area contributed by atoms with Crippen LogP contribution in [0.2, 0.25) is 0 Å². The molecular formula is C9H14F3NO4. The highest BCUT2D eigenvalue weighted by molar-refractivity contribution is 5.73. The zero-order valence-electron chi connectivity index (χ0n) is 9.21. The molecule has 100 valence electrons. The largest absolute Gasteiger partial charge is 0.490 e. The second-order valence-corrected chi connectivity index (χ2v) is 3.96. The van der Waals surface area contributed by atoms with E-state index in [2.05, 4.69) is 5.32 Å². The molecule has 0 saturated carbocycles. The van der Waals surface area contributed by atoms with Gasteiger partial charge in [0.2, 0.25) is 0 Å². The van der Waals surface area contributed by atoms with Gasteiger partial charge in [0.1, 0.15) is 0 Å². The van der Waals surface area contributed by atoms with Gasteiger partial charge in [-0.1, -0.05) is 0 Å². The molecule has 0 aromatic heterocycles. The Hall–Kier alpha value is -0.860. The van der Waals surface area contributed by atoms with E-state index in [1.807, 2.05) is 0 Å². The Labute approximate surface area is 95.9 Å². The summed E-state index contributed by atoms with van der Waals surface area (Å²) in [4.78, 5) is 8.90. The van der Waals surface area contributed by atoms with E-state index in [1.54, 1.807) is 7.11 Å². The number of hydrogen-bond donors (Lipinski definition) is 2. The van der Waals surface area contributed by atoms with Gasteiger partial charge in [-0.3, -0.25) is 0 Å². The summed E-state index contributed by atoms with van der Waals surface area (Å²) in [5, 5.41) is 10.3. The number of aliphatic carboxylic acids is 1. The number of carboxylic acid groups (broad SMARTS) is 1. The average molecular weight is 257 g/mol. The molecule has 2 fully saturated rings. The van der Waals surface area contributed by atoms with Gasteiger partial charge < -0.3 is 19.9 Å². The van der Waals surface area contributed by atoms with E-state index in [9.17, 15) is 13.2 Å². The molecule has 1 atom stereocenters. The Kier molecular flexibility index (Phi) is 4.34. The quantitative estimate of drug-likeness (QED) is 0.711. The number of carbonyl (C=O) groups is 1. The highest BCUT2D eigenvalue weighted by Gasteiger charge is 2.45. The fraction of sp³-hybridized carbons (Fsp3) is 0.889. The lowest BCUT2D eigenvalue weighted by Crippen LogP contribution is -2.59. The second kappa shape index (κ2) is 5.19. The second-order valence-electron chi connectivity index (χ2n) is 3.96. The molecule has 5 nitrogen and oxygen atoms in total. The minimum Gasteiger partial charge on any atom is -0.475 e. The van der Waals surface area contributed by atoms with E-state index in [-0.39, 0.29) is 5.60 Å². The standard InChI is InChI=1S/C7H13NO2.C2HF3O2/c1-9-6-2-7(10-3-6)4-8-5-7;3-2(4,5)1(6)7/h6,8H,2-5H2,1H3;(H,6,7)/t6-;/m0./s1. The molecule has 0 radical (unpaired) electrons. The van der Waals surface area contributed by atoms with Crippen molar-refractivity contribution in [3.05, 3.63) is 0 Å². The first-order valence-corrected chi connectivity index (χ1v) is 4.97. The van der Waals surface area contributed by atoms with Crippen LogP contribution in [-0.4, -0.2) is 55.8 Å². The van der Waals surface area contributed by atoms with E-state index in [1.165, 1.54) is 0 Å². The van der Waals surface area contributed by atoms with E-state index >= 15 is 0 Å². The SMILES string of the molecule is CO[C@@H]1COC2(CNC2)C1.O=C(O)C(F)(F)F. The summed E-state index contributed by atoms with van der Waals surface area (Å²) in [6, 6.07) is 0. The first kappa shape index (κ1) is 14.2. The molecule has 2 saturated heterocycles. The first-order chi connectivity index (χ1) is 7.79. The molecule has 17 heavy (non-hydrogen) atoms. The Bertz CT molecular complexity index is 278. The summed E-state index contributed by atoms with van der Waals surface area (Å²) in [6.07, 6.45) is -3.68. The zero-order valence-corrected chi connectivity index (χ0v) is 9.21. The maximum absolute atomic E-state index is 10.6.